The molecule has 1 aromatic heterocycles. The van der Waals surface area contributed by atoms with Gasteiger partial charge in [0.15, 0.2) is 0 Å². The largest absolute Gasteiger partial charge is 0.467 e. The van der Waals surface area contributed by atoms with E-state index >= 15 is 0 Å². The first-order valence-corrected chi connectivity index (χ1v) is 5.81. The first-order chi connectivity index (χ1) is 7.77. The Morgan fingerprint density at radius 2 is 2.50 bits per heavy atom. The van der Waals surface area contributed by atoms with Crippen molar-refractivity contribution in [1.29, 1.82) is 0 Å². The summed E-state index contributed by atoms with van der Waals surface area (Å²) in [5.74, 6) is 1.17. The van der Waals surface area contributed by atoms with Crippen LogP contribution < -0.4 is 5.32 Å². The molecular weight excluding hydrogens is 206 g/mol. The van der Waals surface area contributed by atoms with Crippen LogP contribution in [0.25, 0.3) is 0 Å². The van der Waals surface area contributed by atoms with E-state index in [2.05, 4.69) is 12.2 Å². The lowest BCUT2D eigenvalue weighted by Gasteiger charge is -2.16. The van der Waals surface area contributed by atoms with Crippen molar-refractivity contribution >= 4 is 0 Å². The van der Waals surface area contributed by atoms with Gasteiger partial charge in [0.25, 0.3) is 0 Å². The lowest BCUT2D eigenvalue weighted by molar-refractivity contribution is 0.102. The molecule has 1 aliphatic rings. The second-order valence-electron chi connectivity index (χ2n) is 4.31. The van der Waals surface area contributed by atoms with Gasteiger partial charge in [-0.05, 0) is 31.4 Å². The molecule has 0 bridgehead atoms. The van der Waals surface area contributed by atoms with Crippen molar-refractivity contribution in [2.45, 2.75) is 25.6 Å². The Morgan fingerprint density at radius 1 is 1.62 bits per heavy atom. The van der Waals surface area contributed by atoms with Crippen LogP contribution in [0, 0.1) is 5.92 Å². The van der Waals surface area contributed by atoms with Crippen LogP contribution >= 0.6 is 0 Å². The molecule has 0 aromatic carbocycles. The van der Waals surface area contributed by atoms with Crippen LogP contribution in [0.3, 0.4) is 0 Å². The predicted octanol–water partition coefficient (Wildman–Crippen LogP) is 1.33. The highest BCUT2D eigenvalue weighted by atomic mass is 16.5. The Hall–Kier alpha value is -0.840. The van der Waals surface area contributed by atoms with E-state index in [9.17, 15) is 5.11 Å². The summed E-state index contributed by atoms with van der Waals surface area (Å²) >= 11 is 0. The van der Waals surface area contributed by atoms with Gasteiger partial charge in [-0.15, -0.1) is 0 Å². The molecule has 1 aliphatic heterocycles. The van der Waals surface area contributed by atoms with Crippen molar-refractivity contribution < 1.29 is 14.3 Å². The Balaban J connectivity index is 1.68. The lowest BCUT2D eigenvalue weighted by atomic mass is 10.0. The molecule has 0 aliphatic carbocycles. The third-order valence-electron chi connectivity index (χ3n) is 3.15. The van der Waals surface area contributed by atoms with Crippen LogP contribution in [-0.4, -0.2) is 30.9 Å². The van der Waals surface area contributed by atoms with Gasteiger partial charge in [-0.3, -0.25) is 0 Å². The minimum Gasteiger partial charge on any atom is -0.467 e. The smallest absolute Gasteiger partial charge is 0.133 e. The van der Waals surface area contributed by atoms with Gasteiger partial charge < -0.3 is 19.6 Å². The minimum absolute atomic E-state index is 0.327. The number of hydrogen-bond donors (Lipinski definition) is 2. The van der Waals surface area contributed by atoms with Gasteiger partial charge in [0, 0.05) is 19.7 Å². The summed E-state index contributed by atoms with van der Waals surface area (Å²) in [7, 11) is 0. The summed E-state index contributed by atoms with van der Waals surface area (Å²) in [5, 5.41) is 13.0. The van der Waals surface area contributed by atoms with Crippen molar-refractivity contribution in [1.82, 2.24) is 5.32 Å². The molecule has 1 aromatic rings. The second-order valence-corrected chi connectivity index (χ2v) is 4.31. The van der Waals surface area contributed by atoms with E-state index in [0.717, 1.165) is 19.6 Å². The molecular formula is C12H19NO3. The topological polar surface area (TPSA) is 54.6 Å². The van der Waals surface area contributed by atoms with Gasteiger partial charge in [0.2, 0.25) is 0 Å². The van der Waals surface area contributed by atoms with Crippen molar-refractivity contribution in [3.8, 4) is 0 Å². The Bertz CT molecular complexity index is 299. The Kier molecular flexibility index (Phi) is 3.98. The fourth-order valence-corrected chi connectivity index (χ4v) is 2.03. The monoisotopic (exact) mass is 225 g/mol. The quantitative estimate of drug-likeness (QED) is 0.793. The molecule has 0 saturated carbocycles. The molecule has 4 nitrogen and oxygen atoms in total. The summed E-state index contributed by atoms with van der Waals surface area (Å²) in [4.78, 5) is 0. The van der Waals surface area contributed by atoms with E-state index < -0.39 is 6.10 Å². The molecule has 1 fully saturated rings. The first-order valence-electron chi connectivity index (χ1n) is 5.81. The molecule has 3 atom stereocenters. The molecule has 90 valence electrons. The lowest BCUT2D eigenvalue weighted by Crippen LogP contribution is -2.30. The molecule has 1 saturated heterocycles. The van der Waals surface area contributed by atoms with Gasteiger partial charge in [-0.1, -0.05) is 0 Å². The van der Waals surface area contributed by atoms with Gasteiger partial charge in [0.05, 0.1) is 12.4 Å². The molecule has 0 spiro atoms. The number of furan rings is 1. The molecule has 0 radical (unpaired) electrons. The zero-order chi connectivity index (χ0) is 11.4. The number of ether oxygens (including phenoxy) is 1. The SMILES string of the molecule is CC1OCCC1CNCC(O)c1ccco1. The number of nitrogens with one attached hydrogen (secondary N) is 1. The molecule has 16 heavy (non-hydrogen) atoms. The highest BCUT2D eigenvalue weighted by molar-refractivity contribution is 5.02. The maximum Gasteiger partial charge on any atom is 0.133 e. The van der Waals surface area contributed by atoms with Gasteiger partial charge in [-0.25, -0.2) is 0 Å². The molecule has 2 rings (SSSR count). The van der Waals surface area contributed by atoms with E-state index in [-0.39, 0.29) is 0 Å². The molecule has 3 unspecified atom stereocenters. The predicted molar refractivity (Wildman–Crippen MR) is 60.1 cm³/mol. The fraction of sp³-hybridized carbons (Fsp3) is 0.667. The van der Waals surface area contributed by atoms with Crippen LogP contribution in [0.4, 0.5) is 0 Å². The normalized spacial score (nSPS) is 27.1. The number of aliphatic hydroxyl groups excluding tert-OH is 1. The summed E-state index contributed by atoms with van der Waals surface area (Å²) in [5.41, 5.74) is 0. The summed E-state index contributed by atoms with van der Waals surface area (Å²) < 4.78 is 10.6. The fourth-order valence-electron chi connectivity index (χ4n) is 2.03. The third-order valence-corrected chi connectivity index (χ3v) is 3.15. The maximum atomic E-state index is 9.76. The zero-order valence-electron chi connectivity index (χ0n) is 9.56. The van der Waals surface area contributed by atoms with Gasteiger partial charge in [0.1, 0.15) is 11.9 Å². The Morgan fingerprint density at radius 3 is 3.12 bits per heavy atom. The number of rotatable bonds is 5. The van der Waals surface area contributed by atoms with E-state index in [1.807, 2.05) is 0 Å². The van der Waals surface area contributed by atoms with Gasteiger partial charge in [-0.2, -0.15) is 0 Å². The van der Waals surface area contributed by atoms with Crippen LogP contribution in [-0.2, 0) is 4.74 Å². The standard InChI is InChI=1S/C12H19NO3/c1-9-10(4-6-15-9)7-13-8-11(14)12-3-2-5-16-12/h2-3,5,9-11,13-14H,4,6-8H2,1H3. The van der Waals surface area contributed by atoms with E-state index in [1.54, 1.807) is 18.4 Å². The van der Waals surface area contributed by atoms with Crippen molar-refractivity contribution in [3.63, 3.8) is 0 Å². The van der Waals surface area contributed by atoms with Gasteiger partial charge >= 0.3 is 0 Å². The summed E-state index contributed by atoms with van der Waals surface area (Å²) in [6, 6.07) is 3.57. The van der Waals surface area contributed by atoms with Crippen LogP contribution in [0.1, 0.15) is 25.2 Å². The first kappa shape index (κ1) is 11.6. The second kappa shape index (κ2) is 5.48. The molecule has 4 heteroatoms. The molecule has 0 amide bonds. The van der Waals surface area contributed by atoms with Crippen LogP contribution in [0.2, 0.25) is 0 Å². The summed E-state index contributed by atoms with van der Waals surface area (Å²) in [6.45, 7) is 4.37. The van der Waals surface area contributed by atoms with Crippen molar-refractivity contribution in [3.05, 3.63) is 24.2 Å². The molecule has 2 N–H and O–H groups in total. The highest BCUT2D eigenvalue weighted by Crippen LogP contribution is 2.19. The Labute approximate surface area is 95.6 Å². The zero-order valence-corrected chi connectivity index (χ0v) is 9.56. The molecule has 2 heterocycles. The van der Waals surface area contributed by atoms with Crippen LogP contribution in [0.5, 0.6) is 0 Å². The number of hydrogen-bond acceptors (Lipinski definition) is 4. The van der Waals surface area contributed by atoms with Crippen molar-refractivity contribution in [2.75, 3.05) is 19.7 Å². The number of aliphatic hydroxyl groups is 1. The average molecular weight is 225 g/mol. The van der Waals surface area contributed by atoms with Crippen LogP contribution in [0.15, 0.2) is 22.8 Å². The van der Waals surface area contributed by atoms with E-state index in [4.69, 9.17) is 9.15 Å². The maximum absolute atomic E-state index is 9.76. The minimum atomic E-state index is -0.562. The van der Waals surface area contributed by atoms with E-state index in [0.29, 0.717) is 24.3 Å². The third kappa shape index (κ3) is 2.84. The average Bonchev–Trinajstić information content (AvgIpc) is 2.90. The summed E-state index contributed by atoms with van der Waals surface area (Å²) in [6.07, 6.45) is 2.44. The highest BCUT2D eigenvalue weighted by Gasteiger charge is 2.23. The van der Waals surface area contributed by atoms with E-state index in [1.165, 1.54) is 0 Å². The van der Waals surface area contributed by atoms with Crippen molar-refractivity contribution in [2.24, 2.45) is 5.92 Å².